The second-order valence-electron chi connectivity index (χ2n) is 5.95. The van der Waals surface area contributed by atoms with Gasteiger partial charge in [0.05, 0.1) is 11.0 Å². The number of aryl methyl sites for hydroxylation is 2. The van der Waals surface area contributed by atoms with Crippen LogP contribution in [0.5, 0.6) is 0 Å². The Morgan fingerprint density at radius 1 is 1.24 bits per heavy atom. The van der Waals surface area contributed by atoms with E-state index in [1.165, 1.54) is 0 Å². The number of rotatable bonds is 4. The fourth-order valence-corrected chi connectivity index (χ4v) is 2.88. The van der Waals surface area contributed by atoms with Crippen molar-refractivity contribution in [2.45, 2.75) is 45.2 Å². The lowest BCUT2D eigenvalue weighted by molar-refractivity contribution is -0.385. The Balaban J connectivity index is 1.85. The Labute approximate surface area is 123 Å². The first kappa shape index (κ1) is 14.0. The summed E-state index contributed by atoms with van der Waals surface area (Å²) in [6, 6.07) is 3.70. The van der Waals surface area contributed by atoms with Crippen molar-refractivity contribution in [1.29, 1.82) is 0 Å². The van der Waals surface area contributed by atoms with Gasteiger partial charge in [0, 0.05) is 29.9 Å². The molecule has 0 aromatic heterocycles. The summed E-state index contributed by atoms with van der Waals surface area (Å²) in [7, 11) is 0. The zero-order valence-corrected chi connectivity index (χ0v) is 12.3. The van der Waals surface area contributed by atoms with Crippen LogP contribution in [0.1, 0.15) is 30.4 Å². The van der Waals surface area contributed by atoms with Gasteiger partial charge in [0.25, 0.3) is 5.69 Å². The lowest BCUT2D eigenvalue weighted by Gasteiger charge is -2.20. The van der Waals surface area contributed by atoms with Gasteiger partial charge in [-0.05, 0) is 44.7 Å². The molecule has 2 aliphatic rings. The van der Waals surface area contributed by atoms with E-state index in [1.54, 1.807) is 24.0 Å². The summed E-state index contributed by atoms with van der Waals surface area (Å²) >= 11 is 0. The van der Waals surface area contributed by atoms with Crippen LogP contribution in [0.15, 0.2) is 12.1 Å². The van der Waals surface area contributed by atoms with Crippen LogP contribution in [0.3, 0.4) is 0 Å². The maximum Gasteiger partial charge on any atom is 0.272 e. The average molecular weight is 289 g/mol. The molecule has 1 heterocycles. The van der Waals surface area contributed by atoms with E-state index in [0.717, 1.165) is 30.5 Å². The fourth-order valence-electron chi connectivity index (χ4n) is 2.88. The highest BCUT2D eigenvalue weighted by Gasteiger charge is 2.37. The van der Waals surface area contributed by atoms with E-state index in [0.29, 0.717) is 18.2 Å². The van der Waals surface area contributed by atoms with E-state index in [1.807, 2.05) is 6.92 Å². The van der Waals surface area contributed by atoms with Gasteiger partial charge in [-0.2, -0.15) is 0 Å². The highest BCUT2D eigenvalue weighted by Crippen LogP contribution is 2.32. The number of anilines is 1. The molecule has 1 amide bonds. The Kier molecular flexibility index (Phi) is 3.41. The molecule has 0 radical (unpaired) electrons. The number of hydrogen-bond donors (Lipinski definition) is 1. The zero-order chi connectivity index (χ0) is 15.1. The summed E-state index contributed by atoms with van der Waals surface area (Å²) < 4.78 is 0. The Bertz CT molecular complexity index is 610. The van der Waals surface area contributed by atoms with Crippen LogP contribution in [-0.4, -0.2) is 29.5 Å². The Morgan fingerprint density at radius 2 is 1.95 bits per heavy atom. The van der Waals surface area contributed by atoms with Crippen molar-refractivity contribution in [2.75, 3.05) is 11.4 Å². The first-order chi connectivity index (χ1) is 9.97. The quantitative estimate of drug-likeness (QED) is 0.680. The van der Waals surface area contributed by atoms with Gasteiger partial charge in [-0.3, -0.25) is 14.9 Å². The average Bonchev–Trinajstić information content (AvgIpc) is 3.17. The van der Waals surface area contributed by atoms with Crippen LogP contribution >= 0.6 is 0 Å². The second kappa shape index (κ2) is 5.11. The van der Waals surface area contributed by atoms with E-state index in [2.05, 4.69) is 5.32 Å². The molecule has 6 nitrogen and oxygen atoms in total. The molecule has 1 N–H and O–H groups in total. The number of nitro groups is 1. The van der Waals surface area contributed by atoms with Crippen molar-refractivity contribution in [3.8, 4) is 0 Å². The minimum atomic E-state index is -0.380. The molecule has 1 atom stereocenters. The van der Waals surface area contributed by atoms with Crippen molar-refractivity contribution in [2.24, 2.45) is 0 Å². The fraction of sp³-hybridized carbons (Fsp3) is 0.533. The summed E-state index contributed by atoms with van der Waals surface area (Å²) in [5.74, 6) is 0.0817. The molecule has 2 fully saturated rings. The third kappa shape index (κ3) is 2.63. The molecular formula is C15H19N3O3. The first-order valence-electron chi connectivity index (χ1n) is 7.30. The smallest absolute Gasteiger partial charge is 0.272 e. The Hall–Kier alpha value is -1.95. The summed E-state index contributed by atoms with van der Waals surface area (Å²) in [6.07, 6.45) is 3.10. The van der Waals surface area contributed by atoms with Crippen LogP contribution in [0.4, 0.5) is 11.4 Å². The second-order valence-corrected chi connectivity index (χ2v) is 5.95. The van der Waals surface area contributed by atoms with Gasteiger partial charge in [0.1, 0.15) is 0 Å². The molecular weight excluding hydrogens is 270 g/mol. The molecule has 21 heavy (non-hydrogen) atoms. The zero-order valence-electron chi connectivity index (χ0n) is 12.3. The van der Waals surface area contributed by atoms with Crippen LogP contribution in [-0.2, 0) is 4.79 Å². The molecule has 1 saturated heterocycles. The summed E-state index contributed by atoms with van der Waals surface area (Å²) in [6.45, 7) is 4.19. The lowest BCUT2D eigenvalue weighted by atomic mass is 10.1. The Morgan fingerprint density at radius 3 is 2.57 bits per heavy atom. The number of carbonyl (C=O) groups is 1. The van der Waals surface area contributed by atoms with Crippen molar-refractivity contribution in [3.63, 3.8) is 0 Å². The summed E-state index contributed by atoms with van der Waals surface area (Å²) in [5, 5.41) is 14.3. The largest absolute Gasteiger partial charge is 0.311 e. The standard InChI is InChI=1S/C15H19N3O3/c1-9-8-14(18(20)21)10(2)7-13(9)17-6-5-12(15(17)19)16-11-3-4-11/h7-8,11-12,16H,3-6H2,1-2H3. The van der Waals surface area contributed by atoms with Crippen molar-refractivity contribution >= 4 is 17.3 Å². The topological polar surface area (TPSA) is 75.5 Å². The highest BCUT2D eigenvalue weighted by molar-refractivity contribution is 6.00. The highest BCUT2D eigenvalue weighted by atomic mass is 16.6. The third-order valence-electron chi connectivity index (χ3n) is 4.22. The first-order valence-corrected chi connectivity index (χ1v) is 7.30. The molecule has 1 unspecified atom stereocenters. The van der Waals surface area contributed by atoms with E-state index >= 15 is 0 Å². The van der Waals surface area contributed by atoms with E-state index < -0.39 is 0 Å². The number of hydrogen-bond acceptors (Lipinski definition) is 4. The van der Waals surface area contributed by atoms with Crippen molar-refractivity contribution in [3.05, 3.63) is 33.4 Å². The molecule has 1 aromatic carbocycles. The van der Waals surface area contributed by atoms with Crippen LogP contribution in [0.2, 0.25) is 0 Å². The molecule has 3 rings (SSSR count). The van der Waals surface area contributed by atoms with Gasteiger partial charge < -0.3 is 10.2 Å². The molecule has 1 aliphatic heterocycles. The van der Waals surface area contributed by atoms with Crippen LogP contribution < -0.4 is 10.2 Å². The van der Waals surface area contributed by atoms with E-state index in [4.69, 9.17) is 0 Å². The predicted octanol–water partition coefficient (Wildman–Crippen LogP) is 2.07. The normalized spacial score (nSPS) is 21.9. The molecule has 1 aliphatic carbocycles. The maximum atomic E-state index is 12.5. The molecule has 0 spiro atoms. The monoisotopic (exact) mass is 289 g/mol. The molecule has 1 aromatic rings. The van der Waals surface area contributed by atoms with Gasteiger partial charge in [0.2, 0.25) is 5.91 Å². The molecule has 112 valence electrons. The lowest BCUT2D eigenvalue weighted by Crippen LogP contribution is -2.39. The molecule has 0 bridgehead atoms. The SMILES string of the molecule is Cc1cc([N+](=O)[O-])c(C)cc1N1CCC(NC2CC2)C1=O. The number of benzene rings is 1. The number of nitrogens with one attached hydrogen (secondary N) is 1. The minimum absolute atomic E-state index is 0.0817. The summed E-state index contributed by atoms with van der Waals surface area (Å²) in [4.78, 5) is 24.8. The summed E-state index contributed by atoms with van der Waals surface area (Å²) in [5.41, 5.74) is 2.26. The van der Waals surface area contributed by atoms with Gasteiger partial charge in [-0.1, -0.05) is 0 Å². The third-order valence-corrected chi connectivity index (χ3v) is 4.22. The van der Waals surface area contributed by atoms with Gasteiger partial charge in [-0.25, -0.2) is 0 Å². The predicted molar refractivity (Wildman–Crippen MR) is 79.5 cm³/mol. The number of carbonyl (C=O) groups excluding carboxylic acids is 1. The van der Waals surface area contributed by atoms with E-state index in [-0.39, 0.29) is 22.6 Å². The van der Waals surface area contributed by atoms with Gasteiger partial charge in [0.15, 0.2) is 0 Å². The number of amides is 1. The van der Waals surface area contributed by atoms with Crippen LogP contribution in [0, 0.1) is 24.0 Å². The molecule has 1 saturated carbocycles. The minimum Gasteiger partial charge on any atom is -0.311 e. The maximum absolute atomic E-state index is 12.5. The van der Waals surface area contributed by atoms with Crippen molar-refractivity contribution < 1.29 is 9.72 Å². The van der Waals surface area contributed by atoms with E-state index in [9.17, 15) is 14.9 Å². The molecule has 6 heteroatoms. The van der Waals surface area contributed by atoms with Crippen molar-refractivity contribution in [1.82, 2.24) is 5.32 Å². The van der Waals surface area contributed by atoms with Gasteiger partial charge in [-0.15, -0.1) is 0 Å². The van der Waals surface area contributed by atoms with Gasteiger partial charge >= 0.3 is 0 Å². The van der Waals surface area contributed by atoms with Crippen LogP contribution in [0.25, 0.3) is 0 Å². The number of nitrogens with zero attached hydrogens (tertiary/aromatic N) is 2. The number of nitro benzene ring substituents is 1.